The average molecular weight is 394 g/mol. The van der Waals surface area contributed by atoms with Gasteiger partial charge in [0, 0.05) is 5.69 Å². The Balaban J connectivity index is 1.63. The number of amides is 1. The molecule has 3 aromatic rings. The van der Waals surface area contributed by atoms with Crippen molar-refractivity contribution in [3.05, 3.63) is 70.3 Å². The molecule has 0 radical (unpaired) electrons. The number of carbonyl (C=O) groups excluding carboxylic acids is 1. The van der Waals surface area contributed by atoms with Crippen molar-refractivity contribution in [2.24, 2.45) is 0 Å². The average Bonchev–Trinajstić information content (AvgIpc) is 2.73. The molecule has 2 aromatic carbocycles. The summed E-state index contributed by atoms with van der Waals surface area (Å²) in [7, 11) is 0. The van der Waals surface area contributed by atoms with Crippen LogP contribution in [0.25, 0.3) is 10.9 Å². The van der Waals surface area contributed by atoms with E-state index in [4.69, 9.17) is 0 Å². The van der Waals surface area contributed by atoms with Gasteiger partial charge in [-0.25, -0.2) is 4.98 Å². The summed E-state index contributed by atoms with van der Waals surface area (Å²) in [6.45, 7) is 7.91. The maximum atomic E-state index is 12.5. The molecule has 0 fully saturated rings. The second kappa shape index (κ2) is 9.47. The number of hydrogen-bond acceptors (Lipinski definition) is 3. The van der Waals surface area contributed by atoms with Crippen LogP contribution in [0, 0.1) is 0 Å². The van der Waals surface area contributed by atoms with Gasteiger partial charge in [0.1, 0.15) is 6.54 Å². The molecule has 0 saturated carbocycles. The predicted molar refractivity (Wildman–Crippen MR) is 116 cm³/mol. The molecule has 0 spiro atoms. The molecule has 3 rings (SSSR count). The summed E-state index contributed by atoms with van der Waals surface area (Å²) < 4.78 is 0. The van der Waals surface area contributed by atoms with Gasteiger partial charge in [0.15, 0.2) is 12.4 Å². The standard InChI is InChI=1S/C23H28N4O2/c1-4-16(3)17-10-12-18(13-11-17)24-22(28)15-27(5-2)14-21-25-20-9-7-6-8-19(20)23(29)26-21/h6-13,16H,4-5,14-15H2,1-3H3,(H,24,28)(H,25,26,29)/p+1/t16-/m1/s1. The third kappa shape index (κ3) is 5.29. The van der Waals surface area contributed by atoms with Crippen molar-refractivity contribution in [1.82, 2.24) is 9.97 Å². The van der Waals surface area contributed by atoms with E-state index in [-0.39, 0.29) is 11.5 Å². The summed E-state index contributed by atoms with van der Waals surface area (Å²) in [6, 6.07) is 15.3. The summed E-state index contributed by atoms with van der Waals surface area (Å²) in [5, 5.41) is 3.54. The maximum absolute atomic E-state index is 12.5. The molecule has 1 heterocycles. The van der Waals surface area contributed by atoms with Crippen molar-refractivity contribution in [2.45, 2.75) is 39.7 Å². The van der Waals surface area contributed by atoms with E-state index in [2.05, 4.69) is 41.3 Å². The summed E-state index contributed by atoms with van der Waals surface area (Å²) in [5.41, 5.74) is 2.60. The zero-order valence-electron chi connectivity index (χ0n) is 17.3. The monoisotopic (exact) mass is 393 g/mol. The number of benzene rings is 2. The minimum absolute atomic E-state index is 0.0544. The molecule has 1 unspecified atom stereocenters. The number of nitrogens with zero attached hydrogens (tertiary/aromatic N) is 1. The Bertz CT molecular complexity index is 1030. The fraction of sp³-hybridized carbons (Fsp3) is 0.348. The minimum Gasteiger partial charge on any atom is -0.321 e. The molecule has 3 N–H and O–H groups in total. The Morgan fingerprint density at radius 1 is 1.14 bits per heavy atom. The summed E-state index contributed by atoms with van der Waals surface area (Å²) in [6.07, 6.45) is 1.09. The second-order valence-corrected chi connectivity index (χ2v) is 7.47. The molecule has 1 aromatic heterocycles. The van der Waals surface area contributed by atoms with Gasteiger partial charge in [0.25, 0.3) is 11.5 Å². The van der Waals surface area contributed by atoms with Crippen molar-refractivity contribution in [2.75, 3.05) is 18.4 Å². The maximum Gasteiger partial charge on any atom is 0.279 e. The number of anilines is 1. The summed E-state index contributed by atoms with van der Waals surface area (Å²) in [5.74, 6) is 1.05. The molecule has 6 heteroatoms. The second-order valence-electron chi connectivity index (χ2n) is 7.47. The van der Waals surface area contributed by atoms with Crippen molar-refractivity contribution in [1.29, 1.82) is 0 Å². The Hall–Kier alpha value is -2.99. The van der Waals surface area contributed by atoms with Crippen LogP contribution in [0.2, 0.25) is 0 Å². The van der Waals surface area contributed by atoms with E-state index >= 15 is 0 Å². The van der Waals surface area contributed by atoms with Crippen LogP contribution in [0.15, 0.2) is 53.3 Å². The Labute approximate surface area is 171 Å². The van der Waals surface area contributed by atoms with E-state index < -0.39 is 0 Å². The first-order valence-electron chi connectivity index (χ1n) is 10.2. The van der Waals surface area contributed by atoms with E-state index in [1.165, 1.54) is 5.56 Å². The number of hydrogen-bond donors (Lipinski definition) is 3. The highest BCUT2D eigenvalue weighted by molar-refractivity contribution is 5.91. The lowest BCUT2D eigenvalue weighted by atomic mass is 9.99. The van der Waals surface area contributed by atoms with Gasteiger partial charge in [-0.2, -0.15) is 0 Å². The molecule has 1 amide bonds. The number of aromatic nitrogens is 2. The van der Waals surface area contributed by atoms with E-state index in [1.54, 1.807) is 6.07 Å². The molecule has 0 aliphatic rings. The van der Waals surface area contributed by atoms with Gasteiger partial charge in [-0.3, -0.25) is 9.59 Å². The quantitative estimate of drug-likeness (QED) is 0.550. The fourth-order valence-corrected chi connectivity index (χ4v) is 3.33. The molecule has 29 heavy (non-hydrogen) atoms. The van der Waals surface area contributed by atoms with Gasteiger partial charge < -0.3 is 15.2 Å². The van der Waals surface area contributed by atoms with Crippen LogP contribution >= 0.6 is 0 Å². The van der Waals surface area contributed by atoms with Crippen LogP contribution < -0.4 is 15.8 Å². The third-order valence-electron chi connectivity index (χ3n) is 5.37. The summed E-state index contributed by atoms with van der Waals surface area (Å²) in [4.78, 5) is 33.2. The number of aromatic amines is 1. The molecular weight excluding hydrogens is 364 g/mol. The number of rotatable bonds is 8. The first-order chi connectivity index (χ1) is 14.0. The first-order valence-corrected chi connectivity index (χ1v) is 10.2. The van der Waals surface area contributed by atoms with Crippen LogP contribution in [-0.4, -0.2) is 29.0 Å². The molecule has 152 valence electrons. The van der Waals surface area contributed by atoms with Crippen molar-refractivity contribution in [3.8, 4) is 0 Å². The Kier molecular flexibility index (Phi) is 6.77. The number of para-hydroxylation sites is 1. The minimum atomic E-state index is -0.146. The van der Waals surface area contributed by atoms with Crippen LogP contribution in [0.3, 0.4) is 0 Å². The highest BCUT2D eigenvalue weighted by atomic mass is 16.2. The van der Waals surface area contributed by atoms with Crippen LogP contribution in [-0.2, 0) is 11.3 Å². The van der Waals surface area contributed by atoms with E-state index in [0.717, 1.165) is 23.6 Å². The SMILES string of the molecule is CC[C@@H](C)c1ccc(NC(=O)C[NH+](CC)Cc2nc3ccccc3c(=O)[nH]2)cc1. The van der Waals surface area contributed by atoms with Gasteiger partial charge >= 0.3 is 0 Å². The van der Waals surface area contributed by atoms with E-state index in [1.807, 2.05) is 37.3 Å². The normalized spacial score (nSPS) is 13.2. The lowest BCUT2D eigenvalue weighted by Gasteiger charge is -2.17. The zero-order valence-corrected chi connectivity index (χ0v) is 17.3. The van der Waals surface area contributed by atoms with Crippen LogP contribution in [0.5, 0.6) is 0 Å². The molecule has 0 saturated heterocycles. The molecule has 0 aliphatic heterocycles. The van der Waals surface area contributed by atoms with Gasteiger partial charge in [-0.15, -0.1) is 0 Å². The third-order valence-corrected chi connectivity index (χ3v) is 5.37. The number of quaternary nitrogens is 1. The highest BCUT2D eigenvalue weighted by Crippen LogP contribution is 2.20. The number of carbonyl (C=O) groups is 1. The van der Waals surface area contributed by atoms with Crippen LogP contribution in [0.1, 0.15) is 44.5 Å². The van der Waals surface area contributed by atoms with Gasteiger partial charge in [0.2, 0.25) is 0 Å². The Morgan fingerprint density at radius 3 is 2.55 bits per heavy atom. The van der Waals surface area contributed by atoms with Crippen molar-refractivity contribution >= 4 is 22.5 Å². The predicted octanol–water partition coefficient (Wildman–Crippen LogP) is 2.48. The van der Waals surface area contributed by atoms with Crippen molar-refractivity contribution < 1.29 is 9.69 Å². The number of fused-ring (bicyclic) bond motifs is 1. The molecular formula is C23H29N4O2+. The topological polar surface area (TPSA) is 79.3 Å². The molecule has 2 atom stereocenters. The lowest BCUT2D eigenvalue weighted by molar-refractivity contribution is -0.904. The van der Waals surface area contributed by atoms with E-state index in [0.29, 0.717) is 35.7 Å². The molecule has 0 aliphatic carbocycles. The number of likely N-dealkylation sites (N-methyl/N-ethyl adjacent to an activating group) is 1. The van der Waals surface area contributed by atoms with Gasteiger partial charge in [-0.1, -0.05) is 38.1 Å². The molecule has 0 bridgehead atoms. The molecule has 6 nitrogen and oxygen atoms in total. The number of H-pyrrole nitrogens is 1. The Morgan fingerprint density at radius 2 is 1.86 bits per heavy atom. The summed E-state index contributed by atoms with van der Waals surface area (Å²) >= 11 is 0. The lowest BCUT2D eigenvalue weighted by Crippen LogP contribution is -3.11. The van der Waals surface area contributed by atoms with Crippen LogP contribution in [0.4, 0.5) is 5.69 Å². The fourth-order valence-electron chi connectivity index (χ4n) is 3.33. The first kappa shape index (κ1) is 20.7. The van der Waals surface area contributed by atoms with Crippen molar-refractivity contribution in [3.63, 3.8) is 0 Å². The largest absolute Gasteiger partial charge is 0.321 e. The number of nitrogens with one attached hydrogen (secondary N) is 3. The zero-order chi connectivity index (χ0) is 20.8. The van der Waals surface area contributed by atoms with Gasteiger partial charge in [0.05, 0.1) is 17.4 Å². The smallest absolute Gasteiger partial charge is 0.279 e. The van der Waals surface area contributed by atoms with E-state index in [9.17, 15) is 9.59 Å². The van der Waals surface area contributed by atoms with Gasteiger partial charge in [-0.05, 0) is 49.1 Å². The highest BCUT2D eigenvalue weighted by Gasteiger charge is 2.16.